The van der Waals surface area contributed by atoms with Crippen LogP contribution < -0.4 is 0 Å². The van der Waals surface area contributed by atoms with Crippen LogP contribution in [-0.4, -0.2) is 33.6 Å². The minimum atomic E-state index is 0.0730. The average molecular weight is 269 g/mol. The molecule has 4 nitrogen and oxygen atoms in total. The lowest BCUT2D eigenvalue weighted by atomic mass is 10.0. The number of aldehydes is 1. The predicted octanol–water partition coefficient (Wildman–Crippen LogP) is 2.43. The Morgan fingerprint density at radius 2 is 2.10 bits per heavy atom. The standard InChI is InChI=1S/C16H19N3O/c20-13-16-8-4-5-9-18(16)11-14-10-17-19(12-14)15-6-2-1-3-7-15/h1-3,6-7,10,12-13,16H,4-5,8-9,11H2. The molecular weight excluding hydrogens is 250 g/mol. The van der Waals surface area contributed by atoms with Crippen molar-refractivity contribution in [1.82, 2.24) is 14.7 Å². The summed E-state index contributed by atoms with van der Waals surface area (Å²) in [5, 5.41) is 4.40. The highest BCUT2D eigenvalue weighted by Crippen LogP contribution is 2.18. The molecule has 2 aromatic rings. The number of hydrogen-bond acceptors (Lipinski definition) is 3. The number of aromatic nitrogens is 2. The van der Waals surface area contributed by atoms with Crippen LogP contribution in [0.1, 0.15) is 24.8 Å². The fourth-order valence-corrected chi connectivity index (χ4v) is 2.77. The molecule has 1 aliphatic rings. The lowest BCUT2D eigenvalue weighted by molar-refractivity contribution is -0.113. The van der Waals surface area contributed by atoms with Crippen molar-refractivity contribution in [2.24, 2.45) is 0 Å². The van der Waals surface area contributed by atoms with Crippen molar-refractivity contribution in [3.05, 3.63) is 48.3 Å². The van der Waals surface area contributed by atoms with Gasteiger partial charge >= 0.3 is 0 Å². The molecule has 0 spiro atoms. The Morgan fingerprint density at radius 3 is 2.90 bits per heavy atom. The highest BCUT2D eigenvalue weighted by atomic mass is 16.1. The number of nitrogens with zero attached hydrogens (tertiary/aromatic N) is 3. The number of hydrogen-bond donors (Lipinski definition) is 0. The molecule has 1 saturated heterocycles. The van der Waals surface area contributed by atoms with E-state index in [1.54, 1.807) is 0 Å². The van der Waals surface area contributed by atoms with Crippen molar-refractivity contribution in [3.63, 3.8) is 0 Å². The Kier molecular flexibility index (Phi) is 3.92. The van der Waals surface area contributed by atoms with E-state index < -0.39 is 0 Å². The van der Waals surface area contributed by atoms with Gasteiger partial charge in [0.25, 0.3) is 0 Å². The van der Waals surface area contributed by atoms with Crippen molar-refractivity contribution in [3.8, 4) is 5.69 Å². The van der Waals surface area contributed by atoms with Gasteiger partial charge in [0, 0.05) is 18.3 Å². The third-order valence-corrected chi connectivity index (χ3v) is 3.86. The smallest absolute Gasteiger partial charge is 0.137 e. The number of rotatable bonds is 4. The molecule has 0 amide bonds. The second-order valence-electron chi connectivity index (χ2n) is 5.30. The lowest BCUT2D eigenvalue weighted by Crippen LogP contribution is -2.39. The van der Waals surface area contributed by atoms with Gasteiger partial charge in [-0.3, -0.25) is 4.90 Å². The van der Waals surface area contributed by atoms with Gasteiger partial charge in [-0.05, 0) is 31.5 Å². The van der Waals surface area contributed by atoms with E-state index in [1.807, 2.05) is 47.4 Å². The monoisotopic (exact) mass is 269 g/mol. The third-order valence-electron chi connectivity index (χ3n) is 3.86. The maximum Gasteiger partial charge on any atom is 0.137 e. The maximum absolute atomic E-state index is 11.1. The summed E-state index contributed by atoms with van der Waals surface area (Å²) in [6, 6.07) is 10.1. The molecule has 20 heavy (non-hydrogen) atoms. The number of carbonyl (C=O) groups excluding carboxylic acids is 1. The molecule has 1 aromatic heterocycles. The molecule has 0 saturated carbocycles. The van der Waals surface area contributed by atoms with Gasteiger partial charge in [0.1, 0.15) is 6.29 Å². The largest absolute Gasteiger partial charge is 0.302 e. The molecule has 1 atom stereocenters. The molecule has 0 radical (unpaired) electrons. The molecule has 0 bridgehead atoms. The number of likely N-dealkylation sites (tertiary alicyclic amines) is 1. The summed E-state index contributed by atoms with van der Waals surface area (Å²) in [6.45, 7) is 1.80. The van der Waals surface area contributed by atoms with Gasteiger partial charge in [-0.2, -0.15) is 5.10 Å². The van der Waals surface area contributed by atoms with E-state index in [0.717, 1.165) is 43.5 Å². The number of piperidine rings is 1. The normalized spacial score (nSPS) is 19.9. The highest BCUT2D eigenvalue weighted by molar-refractivity contribution is 5.57. The van der Waals surface area contributed by atoms with Crippen LogP contribution in [0, 0.1) is 0 Å². The molecule has 104 valence electrons. The minimum Gasteiger partial charge on any atom is -0.302 e. The second-order valence-corrected chi connectivity index (χ2v) is 5.30. The Hall–Kier alpha value is -1.94. The van der Waals surface area contributed by atoms with Crippen LogP contribution >= 0.6 is 0 Å². The summed E-state index contributed by atoms with van der Waals surface area (Å²) < 4.78 is 1.88. The van der Waals surface area contributed by atoms with E-state index >= 15 is 0 Å². The Morgan fingerprint density at radius 1 is 1.25 bits per heavy atom. The van der Waals surface area contributed by atoms with Crippen LogP contribution in [0.3, 0.4) is 0 Å². The molecule has 0 aliphatic carbocycles. The number of para-hydroxylation sites is 1. The summed E-state index contributed by atoms with van der Waals surface area (Å²) in [6.07, 6.45) is 8.34. The Labute approximate surface area is 119 Å². The molecule has 1 unspecified atom stereocenters. The zero-order valence-electron chi connectivity index (χ0n) is 11.5. The summed E-state index contributed by atoms with van der Waals surface area (Å²) >= 11 is 0. The van der Waals surface area contributed by atoms with Crippen LogP contribution in [0.25, 0.3) is 5.69 Å². The van der Waals surface area contributed by atoms with E-state index in [0.29, 0.717) is 0 Å². The quantitative estimate of drug-likeness (QED) is 0.800. The summed E-state index contributed by atoms with van der Waals surface area (Å²) in [5.41, 5.74) is 2.21. The van der Waals surface area contributed by atoms with E-state index in [2.05, 4.69) is 10.00 Å². The number of benzene rings is 1. The molecule has 1 fully saturated rings. The fraction of sp³-hybridized carbons (Fsp3) is 0.375. The molecule has 4 heteroatoms. The summed E-state index contributed by atoms with van der Waals surface area (Å²) in [4.78, 5) is 13.4. The first-order valence-electron chi connectivity index (χ1n) is 7.15. The first-order valence-corrected chi connectivity index (χ1v) is 7.15. The predicted molar refractivity (Wildman–Crippen MR) is 77.7 cm³/mol. The van der Waals surface area contributed by atoms with Crippen molar-refractivity contribution < 1.29 is 4.79 Å². The van der Waals surface area contributed by atoms with Gasteiger partial charge in [0.2, 0.25) is 0 Å². The second kappa shape index (κ2) is 6.01. The van der Waals surface area contributed by atoms with Crippen LogP contribution in [0.5, 0.6) is 0 Å². The van der Waals surface area contributed by atoms with Gasteiger partial charge in [0.05, 0.1) is 17.9 Å². The number of carbonyl (C=O) groups is 1. The average Bonchev–Trinajstić information content (AvgIpc) is 2.97. The molecule has 1 aliphatic heterocycles. The maximum atomic E-state index is 11.1. The van der Waals surface area contributed by atoms with Gasteiger partial charge in [0.15, 0.2) is 0 Å². The first kappa shape index (κ1) is 13.1. The minimum absolute atomic E-state index is 0.0730. The van der Waals surface area contributed by atoms with Crippen molar-refractivity contribution >= 4 is 6.29 Å². The van der Waals surface area contributed by atoms with Gasteiger partial charge < -0.3 is 4.79 Å². The topological polar surface area (TPSA) is 38.1 Å². The molecular formula is C16H19N3O. The lowest BCUT2D eigenvalue weighted by Gasteiger charge is -2.31. The fourth-order valence-electron chi connectivity index (χ4n) is 2.77. The van der Waals surface area contributed by atoms with Crippen LogP contribution in [0.15, 0.2) is 42.7 Å². The van der Waals surface area contributed by atoms with Crippen LogP contribution in [0.4, 0.5) is 0 Å². The summed E-state index contributed by atoms with van der Waals surface area (Å²) in [5.74, 6) is 0. The van der Waals surface area contributed by atoms with Crippen molar-refractivity contribution in [2.45, 2.75) is 31.8 Å². The molecule has 0 N–H and O–H groups in total. The van der Waals surface area contributed by atoms with E-state index in [1.165, 1.54) is 6.42 Å². The van der Waals surface area contributed by atoms with Gasteiger partial charge in [-0.25, -0.2) is 4.68 Å². The Balaban J connectivity index is 1.72. The molecule has 1 aromatic carbocycles. The molecule has 2 heterocycles. The van der Waals surface area contributed by atoms with Crippen molar-refractivity contribution in [2.75, 3.05) is 6.54 Å². The Bertz CT molecular complexity index is 564. The van der Waals surface area contributed by atoms with Crippen LogP contribution in [0.2, 0.25) is 0 Å². The van der Waals surface area contributed by atoms with Crippen LogP contribution in [-0.2, 0) is 11.3 Å². The zero-order valence-corrected chi connectivity index (χ0v) is 11.5. The van der Waals surface area contributed by atoms with Gasteiger partial charge in [-0.15, -0.1) is 0 Å². The highest BCUT2D eigenvalue weighted by Gasteiger charge is 2.22. The van der Waals surface area contributed by atoms with E-state index in [-0.39, 0.29) is 6.04 Å². The van der Waals surface area contributed by atoms with Crippen molar-refractivity contribution in [1.29, 1.82) is 0 Å². The van der Waals surface area contributed by atoms with E-state index in [4.69, 9.17) is 0 Å². The zero-order chi connectivity index (χ0) is 13.8. The third kappa shape index (κ3) is 2.80. The molecule has 3 rings (SSSR count). The SMILES string of the molecule is O=CC1CCCCN1Cc1cnn(-c2ccccc2)c1. The summed E-state index contributed by atoms with van der Waals surface area (Å²) in [7, 11) is 0. The first-order chi connectivity index (χ1) is 9.86. The van der Waals surface area contributed by atoms with Gasteiger partial charge in [-0.1, -0.05) is 24.6 Å². The van der Waals surface area contributed by atoms with E-state index in [9.17, 15) is 4.79 Å².